The number of amides is 1. The second-order valence-electron chi connectivity index (χ2n) is 8.18. The zero-order valence-corrected chi connectivity index (χ0v) is 18.5. The number of aromatic nitrogens is 2. The molecule has 0 aliphatic carbocycles. The van der Waals surface area contributed by atoms with Gasteiger partial charge in [-0.15, -0.1) is 0 Å². The maximum absolute atomic E-state index is 14.6. The molecule has 2 atom stereocenters. The van der Waals surface area contributed by atoms with Crippen LogP contribution in [0.1, 0.15) is 24.8 Å². The van der Waals surface area contributed by atoms with Gasteiger partial charge in [-0.2, -0.15) is 0 Å². The van der Waals surface area contributed by atoms with Crippen molar-refractivity contribution >= 4 is 11.7 Å². The number of likely N-dealkylation sites (tertiary alicyclic amines) is 1. The number of hydrogen-bond donors (Lipinski definition) is 1. The van der Waals surface area contributed by atoms with E-state index >= 15 is 0 Å². The zero-order valence-electron chi connectivity index (χ0n) is 18.5. The number of halogens is 5. The van der Waals surface area contributed by atoms with Gasteiger partial charge < -0.3 is 10.1 Å². The molecule has 1 amide bonds. The molecular formula is C24H21F5N4O2. The van der Waals surface area contributed by atoms with Gasteiger partial charge in [0.15, 0.2) is 23.2 Å². The second-order valence-corrected chi connectivity index (χ2v) is 8.18. The Labute approximate surface area is 197 Å². The predicted octanol–water partition coefficient (Wildman–Crippen LogP) is 5.14. The van der Waals surface area contributed by atoms with E-state index in [2.05, 4.69) is 15.3 Å². The lowest BCUT2D eigenvalue weighted by Gasteiger charge is -2.40. The fourth-order valence-electron chi connectivity index (χ4n) is 3.84. The first kappa shape index (κ1) is 24.5. The minimum absolute atomic E-state index is 0.00833. The summed E-state index contributed by atoms with van der Waals surface area (Å²) in [5, 5.41) is 2.60. The molecule has 1 aromatic carbocycles. The number of carbonyl (C=O) groups is 1. The lowest BCUT2D eigenvalue weighted by molar-refractivity contribution is -0.125. The summed E-state index contributed by atoms with van der Waals surface area (Å²) >= 11 is 0. The summed E-state index contributed by atoms with van der Waals surface area (Å²) in [5.41, 5.74) is 0.456. The van der Waals surface area contributed by atoms with Gasteiger partial charge in [-0.05, 0) is 36.8 Å². The van der Waals surface area contributed by atoms with Crippen molar-refractivity contribution in [3.8, 4) is 11.5 Å². The molecule has 1 fully saturated rings. The Bertz CT molecular complexity index is 1190. The Morgan fingerprint density at radius 3 is 2.51 bits per heavy atom. The van der Waals surface area contributed by atoms with Crippen LogP contribution in [0.2, 0.25) is 0 Å². The van der Waals surface area contributed by atoms with Gasteiger partial charge in [0.25, 0.3) is 5.92 Å². The third kappa shape index (κ3) is 5.56. The van der Waals surface area contributed by atoms with Crippen LogP contribution in [0.3, 0.4) is 0 Å². The molecule has 0 bridgehead atoms. The van der Waals surface area contributed by atoms with Gasteiger partial charge in [0.2, 0.25) is 5.91 Å². The highest BCUT2D eigenvalue weighted by atomic mass is 19.3. The number of alkyl halides is 2. The molecule has 6 nitrogen and oxygen atoms in total. The average Bonchev–Trinajstić information content (AvgIpc) is 2.83. The molecule has 2 aromatic heterocycles. The second kappa shape index (κ2) is 9.95. The summed E-state index contributed by atoms with van der Waals surface area (Å²) < 4.78 is 74.4. The van der Waals surface area contributed by atoms with Crippen LogP contribution in [0.4, 0.5) is 27.8 Å². The molecule has 1 N–H and O–H groups in total. The van der Waals surface area contributed by atoms with E-state index in [1.54, 1.807) is 24.0 Å². The minimum Gasteiger partial charge on any atom is -0.453 e. The minimum atomic E-state index is -2.90. The van der Waals surface area contributed by atoms with Crippen LogP contribution in [-0.2, 0) is 4.79 Å². The van der Waals surface area contributed by atoms with Crippen LogP contribution < -0.4 is 10.1 Å². The van der Waals surface area contributed by atoms with Gasteiger partial charge in [-0.3, -0.25) is 14.7 Å². The van der Waals surface area contributed by atoms with E-state index in [1.165, 1.54) is 30.7 Å². The molecule has 35 heavy (non-hydrogen) atoms. The highest BCUT2D eigenvalue weighted by Crippen LogP contribution is 2.40. The molecular weight excluding hydrogens is 471 g/mol. The van der Waals surface area contributed by atoms with Crippen molar-refractivity contribution in [1.82, 2.24) is 14.9 Å². The summed E-state index contributed by atoms with van der Waals surface area (Å²) in [6.07, 6.45) is 3.70. The number of benzene rings is 1. The highest BCUT2D eigenvalue weighted by molar-refractivity contribution is 5.93. The van der Waals surface area contributed by atoms with Crippen LogP contribution in [-0.4, -0.2) is 45.8 Å². The molecule has 0 spiro atoms. The molecule has 11 heteroatoms. The fourth-order valence-corrected chi connectivity index (χ4v) is 3.84. The molecule has 0 saturated carbocycles. The quantitative estimate of drug-likeness (QED) is 0.382. The molecule has 1 saturated heterocycles. The topological polar surface area (TPSA) is 67.3 Å². The number of piperidine rings is 1. The Morgan fingerprint density at radius 1 is 1.11 bits per heavy atom. The highest BCUT2D eigenvalue weighted by Gasteiger charge is 2.46. The van der Waals surface area contributed by atoms with E-state index in [9.17, 15) is 26.7 Å². The van der Waals surface area contributed by atoms with Crippen LogP contribution in [0.15, 0.2) is 55.0 Å². The predicted molar refractivity (Wildman–Crippen MR) is 117 cm³/mol. The van der Waals surface area contributed by atoms with Gasteiger partial charge >= 0.3 is 0 Å². The Morgan fingerprint density at radius 2 is 1.83 bits per heavy atom. The SMILES string of the molecule is CC(C(=O)Nc1ccc(Oc2cc(F)c(F)cc2F)cn1)N1CCC(F)(F)C(c2ccncc2)C1. The molecule has 4 rings (SSSR count). The van der Waals surface area contributed by atoms with E-state index in [4.69, 9.17) is 4.74 Å². The number of carbonyl (C=O) groups excluding carboxylic acids is 1. The molecule has 2 unspecified atom stereocenters. The van der Waals surface area contributed by atoms with Gasteiger partial charge in [0.05, 0.1) is 18.2 Å². The van der Waals surface area contributed by atoms with Gasteiger partial charge in [-0.25, -0.2) is 26.9 Å². The van der Waals surface area contributed by atoms with Crippen molar-refractivity contribution in [1.29, 1.82) is 0 Å². The summed E-state index contributed by atoms with van der Waals surface area (Å²) in [4.78, 5) is 22.3. The summed E-state index contributed by atoms with van der Waals surface area (Å²) in [6.45, 7) is 1.65. The summed E-state index contributed by atoms with van der Waals surface area (Å²) in [7, 11) is 0. The van der Waals surface area contributed by atoms with E-state index in [1.807, 2.05) is 0 Å². The summed E-state index contributed by atoms with van der Waals surface area (Å²) in [6, 6.07) is 6.05. The van der Waals surface area contributed by atoms with Crippen LogP contribution in [0.25, 0.3) is 0 Å². The van der Waals surface area contributed by atoms with Gasteiger partial charge in [0.1, 0.15) is 11.6 Å². The number of anilines is 1. The first-order valence-corrected chi connectivity index (χ1v) is 10.7. The van der Waals surface area contributed by atoms with E-state index in [-0.39, 0.29) is 31.1 Å². The van der Waals surface area contributed by atoms with E-state index in [0.717, 1.165) is 0 Å². The number of rotatable bonds is 6. The van der Waals surface area contributed by atoms with E-state index in [0.29, 0.717) is 17.7 Å². The molecule has 1 aliphatic heterocycles. The molecule has 3 aromatic rings. The maximum Gasteiger partial charge on any atom is 0.257 e. The normalized spacial score (nSPS) is 18.6. The first-order chi connectivity index (χ1) is 16.6. The Hall–Kier alpha value is -3.60. The largest absolute Gasteiger partial charge is 0.453 e. The lowest BCUT2D eigenvalue weighted by Crippen LogP contribution is -2.52. The fraction of sp³-hybridized carbons (Fsp3) is 0.292. The van der Waals surface area contributed by atoms with E-state index < -0.39 is 47.0 Å². The number of nitrogens with zero attached hydrogens (tertiary/aromatic N) is 3. The number of pyridine rings is 2. The lowest BCUT2D eigenvalue weighted by atomic mass is 9.87. The van der Waals surface area contributed by atoms with Crippen LogP contribution in [0, 0.1) is 17.5 Å². The standard InChI is InChI=1S/C24H21F5N4O2/c1-14(33-9-6-24(28,29)17(13-33)15-4-7-30-8-5-15)23(34)32-22-3-2-16(12-31-22)35-21-11-19(26)18(25)10-20(21)27/h2-5,7-8,10-12,14,17H,6,9,13H2,1H3,(H,31,32,34). The number of ether oxygens (including phenoxy) is 1. The van der Waals surface area contributed by atoms with Crippen molar-refractivity contribution in [2.24, 2.45) is 0 Å². The Kier molecular flexibility index (Phi) is 6.97. The van der Waals surface area contributed by atoms with Gasteiger partial charge in [-0.1, -0.05) is 0 Å². The van der Waals surface area contributed by atoms with Crippen molar-refractivity contribution in [3.05, 3.63) is 78.0 Å². The molecule has 1 aliphatic rings. The molecule has 0 radical (unpaired) electrons. The summed E-state index contributed by atoms with van der Waals surface area (Å²) in [5.74, 6) is -8.48. The first-order valence-electron chi connectivity index (χ1n) is 10.7. The Balaban J connectivity index is 1.39. The zero-order chi connectivity index (χ0) is 25.2. The third-order valence-corrected chi connectivity index (χ3v) is 5.89. The smallest absolute Gasteiger partial charge is 0.257 e. The van der Waals surface area contributed by atoms with Crippen molar-refractivity contribution in [2.75, 3.05) is 18.4 Å². The average molecular weight is 492 g/mol. The van der Waals surface area contributed by atoms with Crippen LogP contribution in [0.5, 0.6) is 11.5 Å². The molecule has 184 valence electrons. The van der Waals surface area contributed by atoms with Crippen molar-refractivity contribution < 1.29 is 31.5 Å². The van der Waals surface area contributed by atoms with Crippen molar-refractivity contribution in [3.63, 3.8) is 0 Å². The van der Waals surface area contributed by atoms with Crippen LogP contribution >= 0.6 is 0 Å². The number of nitrogens with one attached hydrogen (secondary N) is 1. The third-order valence-electron chi connectivity index (χ3n) is 5.89. The van der Waals surface area contributed by atoms with Gasteiger partial charge in [0, 0.05) is 44.0 Å². The monoisotopic (exact) mass is 492 g/mol. The molecule has 3 heterocycles. The van der Waals surface area contributed by atoms with Crippen molar-refractivity contribution in [2.45, 2.75) is 31.2 Å². The maximum atomic E-state index is 14.6. The number of hydrogen-bond acceptors (Lipinski definition) is 5.